The van der Waals surface area contributed by atoms with Gasteiger partial charge in [0.1, 0.15) is 11.2 Å². The van der Waals surface area contributed by atoms with Gasteiger partial charge in [0, 0.05) is 16.3 Å². The van der Waals surface area contributed by atoms with Crippen molar-refractivity contribution in [3.8, 4) is 44.5 Å². The molecule has 0 radical (unpaired) electrons. The van der Waals surface area contributed by atoms with E-state index in [9.17, 15) is 0 Å². The summed E-state index contributed by atoms with van der Waals surface area (Å²) in [5, 5.41) is 12.2. The Morgan fingerprint density at radius 3 is 1.60 bits per heavy atom. The van der Waals surface area contributed by atoms with E-state index in [2.05, 4.69) is 194 Å². The van der Waals surface area contributed by atoms with Crippen LogP contribution >= 0.6 is 0 Å². The van der Waals surface area contributed by atoms with Gasteiger partial charge in [-0.2, -0.15) is 0 Å². The van der Waals surface area contributed by atoms with Crippen molar-refractivity contribution in [3.63, 3.8) is 0 Å². The molecule has 0 fully saturated rings. The van der Waals surface area contributed by atoms with Gasteiger partial charge in [-0.05, 0) is 94.2 Å². The lowest BCUT2D eigenvalue weighted by Gasteiger charge is -2.22. The van der Waals surface area contributed by atoms with E-state index in [0.29, 0.717) is 0 Å². The van der Waals surface area contributed by atoms with Crippen molar-refractivity contribution < 1.29 is 4.42 Å². The second-order valence-electron chi connectivity index (χ2n) is 13.9. The van der Waals surface area contributed by atoms with E-state index in [-0.39, 0.29) is 0 Å². The third kappa shape index (κ3) is 4.51. The third-order valence-corrected chi connectivity index (χ3v) is 11.1. The lowest BCUT2D eigenvalue weighted by atomic mass is 9.81. The minimum Gasteiger partial charge on any atom is -0.455 e. The van der Waals surface area contributed by atoms with Crippen LogP contribution < -0.4 is 0 Å². The van der Waals surface area contributed by atoms with Crippen LogP contribution in [0, 0.1) is 0 Å². The Morgan fingerprint density at radius 2 is 0.830 bits per heavy atom. The van der Waals surface area contributed by atoms with E-state index < -0.39 is 0 Å². The first-order chi connectivity index (χ1) is 26.3. The van der Waals surface area contributed by atoms with Gasteiger partial charge in [0.15, 0.2) is 0 Å². The van der Waals surface area contributed by atoms with Gasteiger partial charge in [0.25, 0.3) is 0 Å². The van der Waals surface area contributed by atoms with E-state index in [1.807, 2.05) is 0 Å². The molecule has 1 aromatic heterocycles. The molecule has 0 amide bonds. The maximum absolute atomic E-state index is 6.82. The fraction of sp³-hybridized carbons (Fsp3) is 0. The topological polar surface area (TPSA) is 13.1 Å². The maximum atomic E-state index is 6.82. The first-order valence-electron chi connectivity index (χ1n) is 18.3. The van der Waals surface area contributed by atoms with Crippen LogP contribution in [0.15, 0.2) is 199 Å². The van der Waals surface area contributed by atoms with Crippen molar-refractivity contribution >= 4 is 65.0 Å². The zero-order valence-corrected chi connectivity index (χ0v) is 28.9. The van der Waals surface area contributed by atoms with Crippen molar-refractivity contribution in [2.24, 2.45) is 0 Å². The van der Waals surface area contributed by atoms with Crippen molar-refractivity contribution in [3.05, 3.63) is 194 Å². The molecule has 0 saturated carbocycles. The quantitative estimate of drug-likeness (QED) is 0.134. The van der Waals surface area contributed by atoms with Crippen LogP contribution in [0.2, 0.25) is 0 Å². The van der Waals surface area contributed by atoms with Crippen LogP contribution in [0.3, 0.4) is 0 Å². The van der Waals surface area contributed by atoms with Gasteiger partial charge in [0.05, 0.1) is 0 Å². The molecule has 246 valence electrons. The zero-order valence-electron chi connectivity index (χ0n) is 28.9. The van der Waals surface area contributed by atoms with Crippen LogP contribution in [0.25, 0.3) is 110 Å². The summed E-state index contributed by atoms with van der Waals surface area (Å²) in [7, 11) is 0. The molecule has 0 atom stereocenters. The summed E-state index contributed by atoms with van der Waals surface area (Å²) in [4.78, 5) is 0. The monoisotopic (exact) mass is 672 g/mol. The summed E-state index contributed by atoms with van der Waals surface area (Å²) in [6.07, 6.45) is 0. The molecule has 0 N–H and O–H groups in total. The summed E-state index contributed by atoms with van der Waals surface area (Å²) < 4.78 is 6.82. The molecule has 0 unspecified atom stereocenters. The molecule has 0 aliphatic carbocycles. The lowest BCUT2D eigenvalue weighted by molar-refractivity contribution is 0.670. The smallest absolute Gasteiger partial charge is 0.143 e. The molecule has 11 aromatic rings. The SMILES string of the molecule is c1ccc(-c2ccc(-c3c4ccccc4c(-c4cccc5c4ccc4ccccc45)c4cccc(-c5ccccc5)c34)c3c2oc2ccccc23)cc1. The van der Waals surface area contributed by atoms with E-state index in [4.69, 9.17) is 4.42 Å². The molecular weight excluding hydrogens is 641 g/mol. The van der Waals surface area contributed by atoms with Crippen molar-refractivity contribution in [1.29, 1.82) is 0 Å². The number of furan rings is 1. The molecule has 0 spiro atoms. The van der Waals surface area contributed by atoms with Gasteiger partial charge in [-0.15, -0.1) is 0 Å². The number of para-hydroxylation sites is 1. The largest absolute Gasteiger partial charge is 0.455 e. The Hall–Kier alpha value is -6.96. The first-order valence-corrected chi connectivity index (χ1v) is 18.3. The van der Waals surface area contributed by atoms with Gasteiger partial charge in [-0.25, -0.2) is 0 Å². The molecule has 11 rings (SSSR count). The molecule has 53 heavy (non-hydrogen) atoms. The predicted octanol–water partition coefficient (Wildman–Crippen LogP) is 14.9. The average Bonchev–Trinajstić information content (AvgIpc) is 3.63. The number of fused-ring (bicyclic) bond motifs is 8. The summed E-state index contributed by atoms with van der Waals surface area (Å²) in [6, 6.07) is 70.5. The van der Waals surface area contributed by atoms with Gasteiger partial charge in [-0.3, -0.25) is 0 Å². The molecule has 0 saturated heterocycles. The van der Waals surface area contributed by atoms with Crippen LogP contribution in [0.5, 0.6) is 0 Å². The first kappa shape index (κ1) is 29.7. The van der Waals surface area contributed by atoms with Gasteiger partial charge in [-0.1, -0.05) is 182 Å². The van der Waals surface area contributed by atoms with Crippen LogP contribution in [0.1, 0.15) is 0 Å². The molecular formula is C52H32O. The number of rotatable bonds is 4. The van der Waals surface area contributed by atoms with E-state index >= 15 is 0 Å². The number of hydrogen-bond donors (Lipinski definition) is 0. The molecule has 0 aliphatic heterocycles. The van der Waals surface area contributed by atoms with Gasteiger partial charge < -0.3 is 4.42 Å². The normalized spacial score (nSPS) is 11.8. The van der Waals surface area contributed by atoms with Crippen LogP contribution in [-0.2, 0) is 0 Å². The highest BCUT2D eigenvalue weighted by molar-refractivity contribution is 6.30. The second-order valence-corrected chi connectivity index (χ2v) is 13.9. The minimum atomic E-state index is 0.892. The van der Waals surface area contributed by atoms with Crippen LogP contribution in [0.4, 0.5) is 0 Å². The highest BCUT2D eigenvalue weighted by Crippen LogP contribution is 2.51. The van der Waals surface area contributed by atoms with Crippen LogP contribution in [-0.4, -0.2) is 0 Å². The molecule has 0 bridgehead atoms. The fourth-order valence-corrected chi connectivity index (χ4v) is 8.80. The number of benzene rings is 10. The van der Waals surface area contributed by atoms with Crippen molar-refractivity contribution in [2.45, 2.75) is 0 Å². The molecule has 1 heteroatoms. The van der Waals surface area contributed by atoms with Gasteiger partial charge >= 0.3 is 0 Å². The highest BCUT2D eigenvalue weighted by atomic mass is 16.3. The summed E-state index contributed by atoms with van der Waals surface area (Å²) in [6.45, 7) is 0. The zero-order chi connectivity index (χ0) is 34.9. The Kier molecular flexibility index (Phi) is 6.62. The van der Waals surface area contributed by atoms with Crippen molar-refractivity contribution in [1.82, 2.24) is 0 Å². The lowest BCUT2D eigenvalue weighted by Crippen LogP contribution is -1.94. The molecule has 0 aliphatic rings. The molecule has 1 heterocycles. The highest BCUT2D eigenvalue weighted by Gasteiger charge is 2.24. The van der Waals surface area contributed by atoms with Crippen molar-refractivity contribution in [2.75, 3.05) is 0 Å². The van der Waals surface area contributed by atoms with E-state index in [0.717, 1.165) is 33.1 Å². The number of hydrogen-bond acceptors (Lipinski definition) is 1. The Balaban J connectivity index is 1.34. The molecule has 10 aromatic carbocycles. The average molecular weight is 673 g/mol. The Labute approximate surface area is 307 Å². The Bertz CT molecular complexity index is 3210. The Morgan fingerprint density at radius 1 is 0.264 bits per heavy atom. The fourth-order valence-electron chi connectivity index (χ4n) is 8.80. The van der Waals surface area contributed by atoms with E-state index in [1.54, 1.807) is 0 Å². The molecule has 1 nitrogen and oxygen atoms in total. The minimum absolute atomic E-state index is 0.892. The summed E-state index contributed by atoms with van der Waals surface area (Å²) in [5.74, 6) is 0. The van der Waals surface area contributed by atoms with E-state index in [1.165, 1.54) is 76.5 Å². The standard InChI is InChI=1S/C52H32O/c1-3-15-33(16-4-1)37-24-13-27-45-48(41-26-14-25-39-36-20-8-7-19-35(36)29-30-40(39)41)42-21-9-10-22-43(42)50(49(37)45)46-32-31-38(34-17-5-2-6-18-34)52-51(46)44-23-11-12-28-47(44)53-52/h1-32H. The maximum Gasteiger partial charge on any atom is 0.143 e. The third-order valence-electron chi connectivity index (χ3n) is 11.1. The predicted molar refractivity (Wildman–Crippen MR) is 225 cm³/mol. The summed E-state index contributed by atoms with van der Waals surface area (Å²) in [5.41, 5.74) is 11.3. The second kappa shape index (κ2) is 11.8. The summed E-state index contributed by atoms with van der Waals surface area (Å²) >= 11 is 0. The van der Waals surface area contributed by atoms with Gasteiger partial charge in [0.2, 0.25) is 0 Å².